The molecule has 2 atom stereocenters. The Morgan fingerprint density at radius 3 is 1.90 bits per heavy atom. The smallest absolute Gasteiger partial charge is 0.309 e. The lowest BCUT2D eigenvalue weighted by molar-refractivity contribution is -0.153. The van der Waals surface area contributed by atoms with Crippen molar-refractivity contribution in [3.8, 4) is 23.0 Å². The molecule has 10 heteroatoms. The van der Waals surface area contributed by atoms with Crippen LogP contribution >= 0.6 is 0 Å². The highest BCUT2D eigenvalue weighted by Crippen LogP contribution is 2.40. The number of hydrogen-bond acceptors (Lipinski definition) is 10. The summed E-state index contributed by atoms with van der Waals surface area (Å²) in [5, 5.41) is 0. The van der Waals surface area contributed by atoms with Gasteiger partial charge >= 0.3 is 11.9 Å². The zero-order valence-electron chi connectivity index (χ0n) is 24.0. The molecule has 0 radical (unpaired) electrons. The van der Waals surface area contributed by atoms with Gasteiger partial charge in [-0.25, -0.2) is 4.98 Å². The molecule has 0 saturated carbocycles. The summed E-state index contributed by atoms with van der Waals surface area (Å²) >= 11 is 0. The largest absolute Gasteiger partial charge is 0.496 e. The van der Waals surface area contributed by atoms with E-state index in [9.17, 15) is 14.4 Å². The molecule has 0 unspecified atom stereocenters. The third kappa shape index (κ3) is 7.75. The van der Waals surface area contributed by atoms with Gasteiger partial charge in [0, 0.05) is 36.7 Å². The second kappa shape index (κ2) is 14.7. The van der Waals surface area contributed by atoms with Crippen LogP contribution in [-0.2, 0) is 19.1 Å². The second-order valence-electron chi connectivity index (χ2n) is 9.22. The minimum atomic E-state index is -0.810. The Labute approximate surface area is 239 Å². The fraction of sp³-hybridized carbons (Fsp3) is 0.355. The normalized spacial score (nSPS) is 12.2. The molecule has 1 aromatic heterocycles. The van der Waals surface area contributed by atoms with Gasteiger partial charge in [-0.1, -0.05) is 43.3 Å². The first-order valence-electron chi connectivity index (χ1n) is 13.0. The second-order valence-corrected chi connectivity index (χ2v) is 9.22. The number of ether oxygens (including phenoxy) is 6. The number of aromatic nitrogens is 1. The lowest BCUT2D eigenvalue weighted by Gasteiger charge is -2.28. The topological polar surface area (TPSA) is 119 Å². The molecule has 3 rings (SSSR count). The molecule has 0 bridgehead atoms. The zero-order chi connectivity index (χ0) is 29.9. The van der Waals surface area contributed by atoms with E-state index in [-0.39, 0.29) is 23.6 Å². The molecule has 0 aliphatic heterocycles. The first-order chi connectivity index (χ1) is 19.7. The summed E-state index contributed by atoms with van der Waals surface area (Å²) in [6.07, 6.45) is 0.537. The van der Waals surface area contributed by atoms with Crippen LogP contribution in [0.2, 0.25) is 0 Å². The fourth-order valence-electron chi connectivity index (χ4n) is 4.45. The number of hydrogen-bond donors (Lipinski definition) is 0. The van der Waals surface area contributed by atoms with E-state index in [1.807, 2.05) is 48.5 Å². The number of Topliss-reactive ketones (excluding diaryl/α,β-unsaturated/α-hetero) is 1. The first kappa shape index (κ1) is 30.9. The SMILES string of the molecule is COc1ccccc1C(c1ccccc1OC)[C@H](C)OC(=O)[C@H](C)CC(=O)c1nccc(OC)c1OCOC(C)=O. The highest BCUT2D eigenvalue weighted by Gasteiger charge is 2.32. The minimum Gasteiger partial charge on any atom is -0.496 e. The van der Waals surface area contributed by atoms with Gasteiger partial charge in [0.05, 0.1) is 33.2 Å². The van der Waals surface area contributed by atoms with Crippen molar-refractivity contribution in [1.29, 1.82) is 0 Å². The Morgan fingerprint density at radius 1 is 0.805 bits per heavy atom. The molecule has 41 heavy (non-hydrogen) atoms. The van der Waals surface area contributed by atoms with E-state index < -0.39 is 42.5 Å². The van der Waals surface area contributed by atoms with Crippen molar-refractivity contribution in [2.45, 2.75) is 39.2 Å². The fourth-order valence-corrected chi connectivity index (χ4v) is 4.45. The molecule has 10 nitrogen and oxygen atoms in total. The Hall–Kier alpha value is -4.60. The van der Waals surface area contributed by atoms with Crippen molar-refractivity contribution in [3.05, 3.63) is 77.6 Å². The van der Waals surface area contributed by atoms with Gasteiger partial charge in [-0.2, -0.15) is 0 Å². The standard InChI is InChI=1S/C31H35NO9/c1-19(17-24(34)29-30(40-18-39-21(3)33)27(38-6)15-16-32-29)31(35)41-20(2)28(22-11-7-9-13-25(22)36-4)23-12-8-10-14-26(23)37-5/h7-16,19-20,28H,17-18H2,1-6H3/t19-,20+/m1/s1. The van der Waals surface area contributed by atoms with Crippen LogP contribution in [-0.4, -0.2) is 56.9 Å². The monoisotopic (exact) mass is 565 g/mol. The van der Waals surface area contributed by atoms with Crippen LogP contribution in [0.4, 0.5) is 0 Å². The van der Waals surface area contributed by atoms with Gasteiger partial charge in [-0.3, -0.25) is 14.4 Å². The van der Waals surface area contributed by atoms with Crippen LogP contribution in [0.15, 0.2) is 60.8 Å². The van der Waals surface area contributed by atoms with Gasteiger partial charge in [-0.05, 0) is 19.1 Å². The number of esters is 2. The molecule has 0 fully saturated rings. The van der Waals surface area contributed by atoms with Crippen LogP contribution in [0.1, 0.15) is 54.7 Å². The number of ketones is 1. The molecule has 0 saturated heterocycles. The van der Waals surface area contributed by atoms with E-state index in [2.05, 4.69) is 4.98 Å². The number of carbonyl (C=O) groups is 3. The number of pyridine rings is 1. The van der Waals surface area contributed by atoms with Crippen molar-refractivity contribution in [3.63, 3.8) is 0 Å². The predicted molar refractivity (Wildman–Crippen MR) is 150 cm³/mol. The van der Waals surface area contributed by atoms with Crippen molar-refractivity contribution in [2.24, 2.45) is 5.92 Å². The van der Waals surface area contributed by atoms with Gasteiger partial charge in [0.15, 0.2) is 23.0 Å². The molecular formula is C31H35NO9. The van der Waals surface area contributed by atoms with E-state index >= 15 is 0 Å². The molecule has 0 spiro atoms. The van der Waals surface area contributed by atoms with Gasteiger partial charge in [-0.15, -0.1) is 0 Å². The van der Waals surface area contributed by atoms with E-state index in [1.165, 1.54) is 26.3 Å². The summed E-state index contributed by atoms with van der Waals surface area (Å²) in [6, 6.07) is 16.5. The Morgan fingerprint density at radius 2 is 1.37 bits per heavy atom. The predicted octanol–water partition coefficient (Wildman–Crippen LogP) is 4.98. The summed E-state index contributed by atoms with van der Waals surface area (Å²) < 4.78 is 32.8. The Kier molecular flexibility index (Phi) is 11.1. The van der Waals surface area contributed by atoms with Crippen molar-refractivity contribution >= 4 is 17.7 Å². The quantitative estimate of drug-likeness (QED) is 0.150. The van der Waals surface area contributed by atoms with Crippen LogP contribution in [0.25, 0.3) is 0 Å². The number of methoxy groups -OCH3 is 3. The molecule has 3 aromatic rings. The summed E-state index contributed by atoms with van der Waals surface area (Å²) in [5.74, 6) is -1.29. The van der Waals surface area contributed by atoms with Crippen molar-refractivity contribution in [1.82, 2.24) is 4.98 Å². The summed E-state index contributed by atoms with van der Waals surface area (Å²) in [4.78, 5) is 41.8. The maximum atomic E-state index is 13.3. The Balaban J connectivity index is 1.82. The van der Waals surface area contributed by atoms with Crippen molar-refractivity contribution in [2.75, 3.05) is 28.1 Å². The van der Waals surface area contributed by atoms with Crippen LogP contribution in [0, 0.1) is 5.92 Å². The lowest BCUT2D eigenvalue weighted by Crippen LogP contribution is -2.28. The maximum Gasteiger partial charge on any atom is 0.309 e. The molecule has 1 heterocycles. The third-order valence-corrected chi connectivity index (χ3v) is 6.43. The first-order valence-corrected chi connectivity index (χ1v) is 13.0. The average molecular weight is 566 g/mol. The molecule has 218 valence electrons. The number of nitrogens with zero attached hydrogens (tertiary/aromatic N) is 1. The van der Waals surface area contributed by atoms with E-state index in [0.717, 1.165) is 11.1 Å². The van der Waals surface area contributed by atoms with Crippen LogP contribution in [0.3, 0.4) is 0 Å². The number of carbonyl (C=O) groups excluding carboxylic acids is 3. The molecule has 2 aromatic carbocycles. The molecule has 0 N–H and O–H groups in total. The van der Waals surface area contributed by atoms with Crippen LogP contribution < -0.4 is 18.9 Å². The molecule has 0 aliphatic rings. The van der Waals surface area contributed by atoms with Gasteiger partial charge < -0.3 is 28.4 Å². The van der Waals surface area contributed by atoms with E-state index in [0.29, 0.717) is 11.5 Å². The highest BCUT2D eigenvalue weighted by molar-refractivity contribution is 5.99. The van der Waals surface area contributed by atoms with Crippen molar-refractivity contribution < 1.29 is 42.8 Å². The maximum absolute atomic E-state index is 13.3. The number of para-hydroxylation sites is 2. The molecule has 0 aliphatic carbocycles. The summed E-state index contributed by atoms with van der Waals surface area (Å²) in [5.41, 5.74) is 1.59. The van der Waals surface area contributed by atoms with Gasteiger partial charge in [0.25, 0.3) is 0 Å². The van der Waals surface area contributed by atoms with E-state index in [1.54, 1.807) is 28.1 Å². The van der Waals surface area contributed by atoms with Gasteiger partial charge in [0.2, 0.25) is 6.79 Å². The number of benzene rings is 2. The Bertz CT molecular complexity index is 1310. The molecular weight excluding hydrogens is 530 g/mol. The summed E-state index contributed by atoms with van der Waals surface area (Å²) in [6.45, 7) is 4.20. The summed E-state index contributed by atoms with van der Waals surface area (Å²) in [7, 11) is 4.57. The third-order valence-electron chi connectivity index (χ3n) is 6.43. The number of rotatable bonds is 14. The van der Waals surface area contributed by atoms with Crippen LogP contribution in [0.5, 0.6) is 23.0 Å². The average Bonchev–Trinajstić information content (AvgIpc) is 2.97. The van der Waals surface area contributed by atoms with Gasteiger partial charge in [0.1, 0.15) is 17.6 Å². The zero-order valence-corrected chi connectivity index (χ0v) is 24.0. The minimum absolute atomic E-state index is 0.0163. The molecule has 0 amide bonds. The lowest BCUT2D eigenvalue weighted by atomic mass is 9.85. The van der Waals surface area contributed by atoms with E-state index in [4.69, 9.17) is 28.4 Å². The highest BCUT2D eigenvalue weighted by atomic mass is 16.7.